The largest absolute Gasteiger partial charge is 0.507 e. The molecule has 4 rings (SSSR count). The predicted molar refractivity (Wildman–Crippen MR) is 95.4 cm³/mol. The van der Waals surface area contributed by atoms with Crippen LogP contribution in [0.25, 0.3) is 22.4 Å². The molecule has 0 amide bonds. The molecule has 4 aromatic rings. The number of hydrogen-bond donors (Lipinski definition) is 1. The van der Waals surface area contributed by atoms with Gasteiger partial charge in [-0.1, -0.05) is 35.0 Å². The number of phenolic OH excluding ortho intramolecular Hbond substituents is 1. The molecule has 0 aliphatic carbocycles. The van der Waals surface area contributed by atoms with E-state index in [2.05, 4.69) is 10.1 Å². The molecule has 0 atom stereocenters. The zero-order valence-corrected chi connectivity index (χ0v) is 13.9. The fourth-order valence-corrected chi connectivity index (χ4v) is 2.95. The lowest BCUT2D eigenvalue weighted by Crippen LogP contribution is -1.97. The second kappa shape index (κ2) is 6.45. The summed E-state index contributed by atoms with van der Waals surface area (Å²) in [5, 5.41) is 14.8. The van der Waals surface area contributed by atoms with Gasteiger partial charge in [0.1, 0.15) is 17.7 Å². The van der Waals surface area contributed by atoms with E-state index < -0.39 is 0 Å². The summed E-state index contributed by atoms with van der Waals surface area (Å²) in [5.74, 6) is 0.144. The summed E-state index contributed by atoms with van der Waals surface area (Å²) >= 11 is 6.43. The van der Waals surface area contributed by atoms with Gasteiger partial charge in [-0.25, -0.2) is 4.98 Å². The molecule has 0 unspecified atom stereocenters. The summed E-state index contributed by atoms with van der Waals surface area (Å²) in [4.78, 5) is 4.03. The molecule has 0 aliphatic rings. The molecule has 1 N–H and O–H groups in total. The predicted octanol–water partition coefficient (Wildman–Crippen LogP) is 4.61. The number of rotatable bonds is 4. The highest BCUT2D eigenvalue weighted by atomic mass is 35.5. The Labute approximate surface area is 149 Å². The standard InChI is InChI=1S/C19H14ClN3O2/c20-17-9-13(1-2-15(17)11-23-7-6-21-12-23)14-3-4-16(19(24)10-14)18-5-8-25-22-18/h1-10,12,24H,11H2. The van der Waals surface area contributed by atoms with Gasteiger partial charge in [0, 0.05) is 35.6 Å². The van der Waals surface area contributed by atoms with E-state index in [0.717, 1.165) is 16.7 Å². The van der Waals surface area contributed by atoms with Crippen molar-refractivity contribution < 1.29 is 9.63 Å². The van der Waals surface area contributed by atoms with E-state index in [-0.39, 0.29) is 5.75 Å². The Morgan fingerprint density at radius 1 is 1.08 bits per heavy atom. The summed E-state index contributed by atoms with van der Waals surface area (Å²) in [6.07, 6.45) is 6.86. The van der Waals surface area contributed by atoms with Crippen LogP contribution in [0.3, 0.4) is 0 Å². The summed E-state index contributed by atoms with van der Waals surface area (Å²) in [6.45, 7) is 0.662. The monoisotopic (exact) mass is 351 g/mol. The number of halogens is 1. The van der Waals surface area contributed by atoms with Crippen molar-refractivity contribution in [1.29, 1.82) is 0 Å². The van der Waals surface area contributed by atoms with Gasteiger partial charge in [0.2, 0.25) is 0 Å². The van der Waals surface area contributed by atoms with E-state index in [1.165, 1.54) is 6.26 Å². The zero-order valence-electron chi connectivity index (χ0n) is 13.1. The van der Waals surface area contributed by atoms with Crippen LogP contribution in [0.15, 0.2) is 72.0 Å². The van der Waals surface area contributed by atoms with Crippen LogP contribution in [0.1, 0.15) is 5.56 Å². The molecule has 0 aliphatic heterocycles. The fourth-order valence-electron chi connectivity index (χ4n) is 2.71. The fraction of sp³-hybridized carbons (Fsp3) is 0.0526. The molecule has 2 aromatic carbocycles. The Bertz CT molecular complexity index is 996. The maximum atomic E-state index is 10.3. The van der Waals surface area contributed by atoms with Gasteiger partial charge in [-0.2, -0.15) is 0 Å². The molecule has 0 spiro atoms. The number of imidazole rings is 1. The van der Waals surface area contributed by atoms with E-state index in [1.54, 1.807) is 24.7 Å². The summed E-state index contributed by atoms with van der Waals surface area (Å²) in [5.41, 5.74) is 4.03. The van der Waals surface area contributed by atoms with Crippen molar-refractivity contribution in [2.75, 3.05) is 0 Å². The van der Waals surface area contributed by atoms with Crippen LogP contribution in [0, 0.1) is 0 Å². The van der Waals surface area contributed by atoms with Gasteiger partial charge in [0.15, 0.2) is 0 Å². The van der Waals surface area contributed by atoms with E-state index in [4.69, 9.17) is 16.1 Å². The third-order valence-electron chi connectivity index (χ3n) is 4.01. The van der Waals surface area contributed by atoms with E-state index >= 15 is 0 Å². The van der Waals surface area contributed by atoms with Crippen molar-refractivity contribution >= 4 is 11.6 Å². The molecular formula is C19H14ClN3O2. The van der Waals surface area contributed by atoms with E-state index in [1.807, 2.05) is 41.1 Å². The molecular weight excluding hydrogens is 338 g/mol. The summed E-state index contributed by atoms with van der Waals surface area (Å²) in [7, 11) is 0. The first kappa shape index (κ1) is 15.5. The van der Waals surface area contributed by atoms with Crippen molar-refractivity contribution in [3.05, 3.63) is 78.0 Å². The van der Waals surface area contributed by atoms with Crippen LogP contribution in [-0.2, 0) is 6.54 Å². The minimum absolute atomic E-state index is 0.144. The lowest BCUT2D eigenvalue weighted by Gasteiger charge is -2.09. The van der Waals surface area contributed by atoms with Gasteiger partial charge in [-0.05, 0) is 34.9 Å². The van der Waals surface area contributed by atoms with Crippen molar-refractivity contribution in [2.45, 2.75) is 6.54 Å². The van der Waals surface area contributed by atoms with Crippen molar-refractivity contribution in [3.8, 4) is 28.1 Å². The molecule has 0 saturated heterocycles. The van der Waals surface area contributed by atoms with Gasteiger partial charge in [0.25, 0.3) is 0 Å². The van der Waals surface area contributed by atoms with Gasteiger partial charge < -0.3 is 14.2 Å². The highest BCUT2D eigenvalue weighted by Crippen LogP contribution is 2.34. The topological polar surface area (TPSA) is 64.1 Å². The minimum Gasteiger partial charge on any atom is -0.507 e. The Morgan fingerprint density at radius 3 is 2.60 bits per heavy atom. The van der Waals surface area contributed by atoms with Crippen LogP contribution in [0.4, 0.5) is 0 Å². The second-order valence-electron chi connectivity index (χ2n) is 5.66. The maximum Gasteiger partial charge on any atom is 0.125 e. The summed E-state index contributed by atoms with van der Waals surface area (Å²) < 4.78 is 6.78. The quantitative estimate of drug-likeness (QED) is 0.583. The molecule has 5 nitrogen and oxygen atoms in total. The van der Waals surface area contributed by atoms with Crippen LogP contribution in [-0.4, -0.2) is 19.8 Å². The number of aromatic nitrogens is 3. The first-order valence-electron chi connectivity index (χ1n) is 7.69. The molecule has 0 saturated carbocycles. The average Bonchev–Trinajstić information content (AvgIpc) is 3.30. The van der Waals surface area contributed by atoms with E-state index in [9.17, 15) is 5.11 Å². The van der Waals surface area contributed by atoms with Crippen molar-refractivity contribution in [1.82, 2.24) is 14.7 Å². The smallest absolute Gasteiger partial charge is 0.125 e. The van der Waals surface area contributed by atoms with Gasteiger partial charge in [0.05, 0.1) is 6.33 Å². The third kappa shape index (κ3) is 3.14. The van der Waals surface area contributed by atoms with Crippen LogP contribution in [0.5, 0.6) is 5.75 Å². The highest BCUT2D eigenvalue weighted by molar-refractivity contribution is 6.31. The maximum absolute atomic E-state index is 10.3. The van der Waals surface area contributed by atoms with Gasteiger partial charge >= 0.3 is 0 Å². The number of hydrogen-bond acceptors (Lipinski definition) is 4. The SMILES string of the molecule is Oc1cc(-c2ccc(Cn3ccnc3)c(Cl)c2)ccc1-c1ccon1. The Kier molecular flexibility index (Phi) is 3.99. The average molecular weight is 352 g/mol. The Hall–Kier alpha value is -3.05. The van der Waals surface area contributed by atoms with Gasteiger partial charge in [-0.3, -0.25) is 0 Å². The molecule has 124 valence electrons. The lowest BCUT2D eigenvalue weighted by molar-refractivity contribution is 0.421. The highest BCUT2D eigenvalue weighted by Gasteiger charge is 2.10. The second-order valence-corrected chi connectivity index (χ2v) is 6.07. The van der Waals surface area contributed by atoms with Gasteiger partial charge in [-0.15, -0.1) is 0 Å². The molecule has 6 heteroatoms. The zero-order chi connectivity index (χ0) is 17.2. The minimum atomic E-state index is 0.144. The Balaban J connectivity index is 1.63. The molecule has 2 heterocycles. The molecule has 0 fully saturated rings. The Morgan fingerprint density at radius 2 is 1.92 bits per heavy atom. The molecule has 0 radical (unpaired) electrons. The first-order chi connectivity index (χ1) is 12.2. The third-order valence-corrected chi connectivity index (χ3v) is 4.36. The molecule has 0 bridgehead atoms. The number of benzene rings is 2. The van der Waals surface area contributed by atoms with Crippen LogP contribution < -0.4 is 0 Å². The summed E-state index contributed by atoms with van der Waals surface area (Å²) in [6, 6.07) is 13.0. The number of aromatic hydroxyl groups is 1. The number of nitrogens with zero attached hydrogens (tertiary/aromatic N) is 3. The van der Waals surface area contributed by atoms with Crippen LogP contribution >= 0.6 is 11.6 Å². The first-order valence-corrected chi connectivity index (χ1v) is 8.07. The van der Waals surface area contributed by atoms with Crippen molar-refractivity contribution in [2.24, 2.45) is 0 Å². The van der Waals surface area contributed by atoms with Crippen LogP contribution in [0.2, 0.25) is 5.02 Å². The van der Waals surface area contributed by atoms with E-state index in [0.29, 0.717) is 22.8 Å². The lowest BCUT2D eigenvalue weighted by atomic mass is 10.0. The molecule has 2 aromatic heterocycles. The molecule has 25 heavy (non-hydrogen) atoms. The van der Waals surface area contributed by atoms with Crippen molar-refractivity contribution in [3.63, 3.8) is 0 Å². The normalized spacial score (nSPS) is 10.9. The number of phenols is 1.